The van der Waals surface area contributed by atoms with Gasteiger partial charge in [-0.2, -0.15) is 0 Å². The fourth-order valence-electron chi connectivity index (χ4n) is 2.40. The molecule has 0 fully saturated rings. The molecule has 0 spiro atoms. The molecule has 0 aliphatic heterocycles. The van der Waals surface area contributed by atoms with Crippen LogP contribution >= 0.6 is 0 Å². The van der Waals surface area contributed by atoms with Crippen molar-refractivity contribution in [1.29, 1.82) is 0 Å². The van der Waals surface area contributed by atoms with Gasteiger partial charge in [0.25, 0.3) is 0 Å². The number of hydrogen-bond acceptors (Lipinski definition) is 2. The number of nitrogens with two attached hydrogens (primary N) is 1. The minimum atomic E-state index is 0.0366. The molecule has 2 heteroatoms. The molecule has 2 aromatic carbocycles. The molecule has 0 unspecified atom stereocenters. The fraction of sp³-hybridized carbons (Fsp3) is 0.368. The highest BCUT2D eigenvalue weighted by molar-refractivity contribution is 5.46. The van der Waals surface area contributed by atoms with Crippen LogP contribution in [-0.4, -0.2) is 0 Å². The van der Waals surface area contributed by atoms with Crippen LogP contribution in [0.4, 0.5) is 0 Å². The van der Waals surface area contributed by atoms with E-state index < -0.39 is 0 Å². The van der Waals surface area contributed by atoms with Gasteiger partial charge in [-0.1, -0.05) is 56.2 Å². The van der Waals surface area contributed by atoms with Crippen molar-refractivity contribution < 1.29 is 4.74 Å². The van der Waals surface area contributed by atoms with E-state index in [9.17, 15) is 0 Å². The van der Waals surface area contributed by atoms with Crippen LogP contribution in [0.5, 0.6) is 11.5 Å². The largest absolute Gasteiger partial charge is 0.457 e. The molecule has 2 aromatic rings. The summed E-state index contributed by atoms with van der Waals surface area (Å²) in [4.78, 5) is 0. The molecule has 0 aliphatic rings. The smallest absolute Gasteiger partial charge is 0.131 e. The Morgan fingerprint density at radius 1 is 0.905 bits per heavy atom. The van der Waals surface area contributed by atoms with Gasteiger partial charge in [0.15, 0.2) is 0 Å². The fourth-order valence-corrected chi connectivity index (χ4v) is 2.40. The summed E-state index contributed by atoms with van der Waals surface area (Å²) in [7, 11) is 0. The highest BCUT2D eigenvalue weighted by Crippen LogP contribution is 2.36. The third-order valence-corrected chi connectivity index (χ3v) is 3.60. The summed E-state index contributed by atoms with van der Waals surface area (Å²) in [5.41, 5.74) is 10.6. The summed E-state index contributed by atoms with van der Waals surface area (Å²) in [5, 5.41) is 0. The van der Waals surface area contributed by atoms with Crippen LogP contribution in [-0.2, 0) is 12.0 Å². The number of benzene rings is 2. The molecule has 21 heavy (non-hydrogen) atoms. The lowest BCUT2D eigenvalue weighted by molar-refractivity contribution is 0.450. The van der Waals surface area contributed by atoms with Gasteiger partial charge in [-0.15, -0.1) is 0 Å². The molecule has 0 saturated heterocycles. The highest BCUT2D eigenvalue weighted by atomic mass is 16.5. The quantitative estimate of drug-likeness (QED) is 0.873. The van der Waals surface area contributed by atoms with Crippen LogP contribution in [0.1, 0.15) is 43.0 Å². The summed E-state index contributed by atoms with van der Waals surface area (Å²) in [6.07, 6.45) is 0. The summed E-state index contributed by atoms with van der Waals surface area (Å²) < 4.78 is 6.19. The van der Waals surface area contributed by atoms with Crippen LogP contribution in [0.25, 0.3) is 0 Å². The Bertz CT molecular complexity index is 638. The van der Waals surface area contributed by atoms with E-state index in [1.165, 1.54) is 16.7 Å². The van der Waals surface area contributed by atoms with Crippen LogP contribution in [0, 0.1) is 13.8 Å². The second-order valence-corrected chi connectivity index (χ2v) is 6.67. The first-order valence-corrected chi connectivity index (χ1v) is 7.40. The van der Waals surface area contributed by atoms with Gasteiger partial charge in [0.05, 0.1) is 0 Å². The maximum Gasteiger partial charge on any atom is 0.131 e. The maximum atomic E-state index is 6.19. The molecular weight excluding hydrogens is 258 g/mol. The lowest BCUT2D eigenvalue weighted by atomic mass is 9.85. The van der Waals surface area contributed by atoms with Gasteiger partial charge in [0.2, 0.25) is 0 Å². The molecular formula is C19H25NO. The third kappa shape index (κ3) is 3.64. The van der Waals surface area contributed by atoms with Crippen molar-refractivity contribution in [2.24, 2.45) is 5.73 Å². The Morgan fingerprint density at radius 2 is 1.48 bits per heavy atom. The average Bonchev–Trinajstić information content (AvgIpc) is 2.41. The van der Waals surface area contributed by atoms with E-state index in [4.69, 9.17) is 10.5 Å². The topological polar surface area (TPSA) is 35.2 Å². The molecule has 2 N–H and O–H groups in total. The second-order valence-electron chi connectivity index (χ2n) is 6.67. The molecule has 0 radical (unpaired) electrons. The zero-order chi connectivity index (χ0) is 15.6. The van der Waals surface area contributed by atoms with Crippen molar-refractivity contribution in [2.45, 2.75) is 46.6 Å². The molecule has 0 aliphatic carbocycles. The average molecular weight is 283 g/mol. The molecule has 2 rings (SSSR count). The zero-order valence-electron chi connectivity index (χ0n) is 13.7. The SMILES string of the molecule is Cc1ccc(Oc2ccc(C)cc2C(C)(C)C)c(CN)c1. The van der Waals surface area contributed by atoms with Crippen LogP contribution in [0.2, 0.25) is 0 Å². The van der Waals surface area contributed by atoms with Gasteiger partial charge in [0, 0.05) is 17.7 Å². The molecule has 0 aromatic heterocycles. The lowest BCUT2D eigenvalue weighted by Gasteiger charge is -2.24. The third-order valence-electron chi connectivity index (χ3n) is 3.60. The first-order valence-electron chi connectivity index (χ1n) is 7.40. The van der Waals surface area contributed by atoms with Crippen molar-refractivity contribution in [3.05, 3.63) is 58.7 Å². The number of rotatable bonds is 3. The van der Waals surface area contributed by atoms with Crippen LogP contribution in [0.3, 0.4) is 0 Å². The van der Waals surface area contributed by atoms with E-state index in [1.54, 1.807) is 0 Å². The van der Waals surface area contributed by atoms with E-state index in [-0.39, 0.29) is 5.41 Å². The first-order chi connectivity index (χ1) is 9.81. The van der Waals surface area contributed by atoms with E-state index in [2.05, 4.69) is 65.0 Å². The number of ether oxygens (including phenoxy) is 1. The van der Waals surface area contributed by atoms with Gasteiger partial charge < -0.3 is 10.5 Å². The minimum Gasteiger partial charge on any atom is -0.457 e. The standard InChI is InChI=1S/C19H25NO/c1-13-6-8-17(15(10-13)12-20)21-18-9-7-14(2)11-16(18)19(3,4)5/h6-11H,12,20H2,1-5H3. The zero-order valence-corrected chi connectivity index (χ0v) is 13.7. The number of hydrogen-bond donors (Lipinski definition) is 1. The number of aryl methyl sites for hydroxylation is 2. The van der Waals surface area contributed by atoms with Crippen molar-refractivity contribution in [2.75, 3.05) is 0 Å². The van der Waals surface area contributed by atoms with Gasteiger partial charge in [0.1, 0.15) is 11.5 Å². The summed E-state index contributed by atoms with van der Waals surface area (Å²) in [6.45, 7) is 11.3. The molecule has 0 bridgehead atoms. The molecule has 0 amide bonds. The second kappa shape index (κ2) is 5.90. The normalized spacial score (nSPS) is 11.5. The first kappa shape index (κ1) is 15.6. The summed E-state index contributed by atoms with van der Waals surface area (Å²) >= 11 is 0. The van der Waals surface area contributed by atoms with Gasteiger partial charge in [-0.25, -0.2) is 0 Å². The Hall–Kier alpha value is -1.80. The van der Waals surface area contributed by atoms with Crippen molar-refractivity contribution in [1.82, 2.24) is 0 Å². The molecule has 0 heterocycles. The predicted octanol–water partition coefficient (Wildman–Crippen LogP) is 4.85. The molecule has 0 atom stereocenters. The van der Waals surface area contributed by atoms with Crippen molar-refractivity contribution >= 4 is 0 Å². The predicted molar refractivity (Wildman–Crippen MR) is 89.0 cm³/mol. The van der Waals surface area contributed by atoms with Gasteiger partial charge in [-0.05, 0) is 31.4 Å². The molecule has 2 nitrogen and oxygen atoms in total. The van der Waals surface area contributed by atoms with Gasteiger partial charge in [-0.3, -0.25) is 0 Å². The Balaban J connectivity index is 2.45. The van der Waals surface area contributed by atoms with Crippen molar-refractivity contribution in [3.8, 4) is 11.5 Å². The highest BCUT2D eigenvalue weighted by Gasteiger charge is 2.20. The Labute approximate surface area is 127 Å². The van der Waals surface area contributed by atoms with Gasteiger partial charge >= 0.3 is 0 Å². The van der Waals surface area contributed by atoms with Crippen LogP contribution < -0.4 is 10.5 Å². The van der Waals surface area contributed by atoms with E-state index in [0.717, 1.165) is 17.1 Å². The summed E-state index contributed by atoms with van der Waals surface area (Å²) in [5.74, 6) is 1.75. The Morgan fingerprint density at radius 3 is 2.05 bits per heavy atom. The molecule has 112 valence electrons. The Kier molecular flexibility index (Phi) is 4.38. The van der Waals surface area contributed by atoms with Crippen molar-refractivity contribution in [3.63, 3.8) is 0 Å². The van der Waals surface area contributed by atoms with Crippen LogP contribution in [0.15, 0.2) is 36.4 Å². The summed E-state index contributed by atoms with van der Waals surface area (Å²) in [6, 6.07) is 12.5. The van der Waals surface area contributed by atoms with E-state index in [1.807, 2.05) is 6.07 Å². The lowest BCUT2D eigenvalue weighted by Crippen LogP contribution is -2.13. The van der Waals surface area contributed by atoms with E-state index in [0.29, 0.717) is 6.54 Å². The van der Waals surface area contributed by atoms with E-state index >= 15 is 0 Å². The minimum absolute atomic E-state index is 0.0366. The maximum absolute atomic E-state index is 6.19. The molecule has 0 saturated carbocycles. The monoisotopic (exact) mass is 283 g/mol.